The largest absolute Gasteiger partial charge is 0.335 e. The number of anilines is 1. The van der Waals surface area contributed by atoms with Crippen molar-refractivity contribution in [3.05, 3.63) is 59.1 Å². The maximum Gasteiger partial charge on any atom is 0.259 e. The van der Waals surface area contributed by atoms with Gasteiger partial charge in [-0.25, -0.2) is 9.97 Å². The lowest BCUT2D eigenvalue weighted by atomic mass is 10.1. The van der Waals surface area contributed by atoms with E-state index in [4.69, 9.17) is 4.52 Å². The standard InChI is InChI=1S/C22H19N5O2S/c1-3-10-27-17-8-5-4-7-15(17)24-22(27)25-20(28)14-12-16(18-9-6-11-30-18)23-21-19(14)13(2)26-29-21/h4-9,11-12H,3,10H2,1-2H3,(H,24,25,28). The van der Waals surface area contributed by atoms with Gasteiger partial charge in [-0.1, -0.05) is 30.3 Å². The Kier molecular flexibility index (Phi) is 4.55. The summed E-state index contributed by atoms with van der Waals surface area (Å²) in [4.78, 5) is 23.5. The minimum atomic E-state index is -0.265. The van der Waals surface area contributed by atoms with Crippen molar-refractivity contribution in [2.24, 2.45) is 0 Å². The Morgan fingerprint density at radius 1 is 1.20 bits per heavy atom. The molecule has 5 aromatic rings. The van der Waals surface area contributed by atoms with Crippen LogP contribution in [0.25, 0.3) is 32.7 Å². The lowest BCUT2D eigenvalue weighted by Gasteiger charge is -2.10. The minimum Gasteiger partial charge on any atom is -0.335 e. The minimum absolute atomic E-state index is 0.265. The summed E-state index contributed by atoms with van der Waals surface area (Å²) in [5.74, 6) is 0.263. The quantitative estimate of drug-likeness (QED) is 0.421. The van der Waals surface area contributed by atoms with Crippen LogP contribution in [0, 0.1) is 6.92 Å². The van der Waals surface area contributed by atoms with Crippen molar-refractivity contribution in [1.82, 2.24) is 19.7 Å². The van der Waals surface area contributed by atoms with Crippen LogP contribution in [0.1, 0.15) is 29.4 Å². The third-order valence-corrected chi connectivity index (χ3v) is 5.85. The lowest BCUT2D eigenvalue weighted by molar-refractivity contribution is 0.102. The molecule has 0 aliphatic rings. The number of aryl methyl sites for hydroxylation is 2. The van der Waals surface area contributed by atoms with E-state index < -0.39 is 0 Å². The van der Waals surface area contributed by atoms with Crippen LogP contribution in [0.2, 0.25) is 0 Å². The summed E-state index contributed by atoms with van der Waals surface area (Å²) in [7, 11) is 0. The number of carbonyl (C=O) groups excluding carboxylic acids is 1. The molecule has 0 unspecified atom stereocenters. The number of imidazole rings is 1. The van der Waals surface area contributed by atoms with Crippen LogP contribution in [0.5, 0.6) is 0 Å². The summed E-state index contributed by atoms with van der Waals surface area (Å²) in [6.07, 6.45) is 0.927. The normalized spacial score (nSPS) is 11.4. The van der Waals surface area contributed by atoms with E-state index in [9.17, 15) is 4.79 Å². The molecule has 8 heteroatoms. The number of pyridine rings is 1. The van der Waals surface area contributed by atoms with Gasteiger partial charge in [-0.15, -0.1) is 11.3 Å². The lowest BCUT2D eigenvalue weighted by Crippen LogP contribution is -2.17. The first-order valence-electron chi connectivity index (χ1n) is 9.73. The smallest absolute Gasteiger partial charge is 0.259 e. The molecule has 7 nitrogen and oxygen atoms in total. The highest BCUT2D eigenvalue weighted by Crippen LogP contribution is 2.30. The second-order valence-electron chi connectivity index (χ2n) is 7.01. The van der Waals surface area contributed by atoms with Crippen molar-refractivity contribution in [2.45, 2.75) is 26.8 Å². The monoisotopic (exact) mass is 417 g/mol. The van der Waals surface area contributed by atoms with Crippen LogP contribution >= 0.6 is 11.3 Å². The number of hydrogen-bond acceptors (Lipinski definition) is 6. The zero-order chi connectivity index (χ0) is 20.7. The Labute approximate surface area is 176 Å². The van der Waals surface area contributed by atoms with Gasteiger partial charge in [0.1, 0.15) is 0 Å². The number of aromatic nitrogens is 4. The van der Waals surface area contributed by atoms with Gasteiger partial charge in [0.2, 0.25) is 5.95 Å². The van der Waals surface area contributed by atoms with E-state index in [1.807, 2.05) is 46.3 Å². The fourth-order valence-corrected chi connectivity index (χ4v) is 4.30. The maximum atomic E-state index is 13.4. The van der Waals surface area contributed by atoms with Crippen LogP contribution < -0.4 is 5.32 Å². The van der Waals surface area contributed by atoms with E-state index >= 15 is 0 Å². The Morgan fingerprint density at radius 3 is 2.87 bits per heavy atom. The number of benzene rings is 1. The Hall–Kier alpha value is -3.52. The average Bonchev–Trinajstić information content (AvgIpc) is 3.48. The van der Waals surface area contributed by atoms with Crippen LogP contribution in [0.4, 0.5) is 5.95 Å². The number of thiophene rings is 1. The Balaban J connectivity index is 1.61. The number of para-hydroxylation sites is 2. The highest BCUT2D eigenvalue weighted by Gasteiger charge is 2.21. The summed E-state index contributed by atoms with van der Waals surface area (Å²) >= 11 is 1.56. The van der Waals surface area contributed by atoms with E-state index in [0.717, 1.165) is 28.9 Å². The van der Waals surface area contributed by atoms with Gasteiger partial charge < -0.3 is 9.09 Å². The molecule has 0 atom stereocenters. The van der Waals surface area contributed by atoms with Crippen molar-refractivity contribution < 1.29 is 9.32 Å². The molecule has 0 spiro atoms. The highest BCUT2D eigenvalue weighted by atomic mass is 32.1. The summed E-state index contributed by atoms with van der Waals surface area (Å²) in [6.45, 7) is 4.66. The van der Waals surface area contributed by atoms with Crippen molar-refractivity contribution in [3.8, 4) is 10.6 Å². The van der Waals surface area contributed by atoms with Gasteiger partial charge in [0.05, 0.1) is 38.2 Å². The van der Waals surface area contributed by atoms with Crippen LogP contribution in [0.15, 0.2) is 52.4 Å². The van der Waals surface area contributed by atoms with Crippen molar-refractivity contribution in [1.29, 1.82) is 0 Å². The fourth-order valence-electron chi connectivity index (χ4n) is 3.61. The van der Waals surface area contributed by atoms with Gasteiger partial charge in [-0.2, -0.15) is 0 Å². The van der Waals surface area contributed by atoms with Crippen LogP contribution in [0.3, 0.4) is 0 Å². The number of carbonyl (C=O) groups is 1. The van der Waals surface area contributed by atoms with Gasteiger partial charge in [-0.05, 0) is 43.0 Å². The average molecular weight is 417 g/mol. The van der Waals surface area contributed by atoms with E-state index in [0.29, 0.717) is 34.0 Å². The Bertz CT molecular complexity index is 1370. The highest BCUT2D eigenvalue weighted by molar-refractivity contribution is 7.13. The SMILES string of the molecule is CCCn1c(NC(=O)c2cc(-c3cccs3)nc3onc(C)c23)nc2ccccc21. The zero-order valence-electron chi connectivity index (χ0n) is 16.5. The molecule has 4 heterocycles. The molecule has 0 radical (unpaired) electrons. The molecule has 30 heavy (non-hydrogen) atoms. The van der Waals surface area contributed by atoms with E-state index in [1.165, 1.54) is 0 Å². The first-order chi connectivity index (χ1) is 14.7. The molecule has 0 saturated heterocycles. The molecule has 1 aromatic carbocycles. The second kappa shape index (κ2) is 7.38. The summed E-state index contributed by atoms with van der Waals surface area (Å²) in [5.41, 5.74) is 3.97. The van der Waals surface area contributed by atoms with Crippen molar-refractivity contribution in [3.63, 3.8) is 0 Å². The van der Waals surface area contributed by atoms with Gasteiger partial charge in [-0.3, -0.25) is 10.1 Å². The molecule has 0 saturated carbocycles. The summed E-state index contributed by atoms with van der Waals surface area (Å²) in [6, 6.07) is 13.6. The molecule has 1 amide bonds. The predicted octanol–water partition coefficient (Wildman–Crippen LogP) is 5.27. The molecule has 0 aliphatic carbocycles. The molecular formula is C22H19N5O2S. The van der Waals surface area contributed by atoms with Crippen LogP contribution in [-0.4, -0.2) is 25.6 Å². The zero-order valence-corrected chi connectivity index (χ0v) is 17.4. The summed E-state index contributed by atoms with van der Waals surface area (Å²) in [5, 5.41) is 9.61. The number of fused-ring (bicyclic) bond motifs is 2. The molecule has 0 bridgehead atoms. The first-order valence-corrected chi connectivity index (χ1v) is 10.6. The van der Waals surface area contributed by atoms with Gasteiger partial charge >= 0.3 is 0 Å². The summed E-state index contributed by atoms with van der Waals surface area (Å²) < 4.78 is 7.42. The van der Waals surface area contributed by atoms with Gasteiger partial charge in [0.15, 0.2) is 0 Å². The van der Waals surface area contributed by atoms with E-state index in [1.54, 1.807) is 24.3 Å². The molecule has 150 valence electrons. The molecule has 1 N–H and O–H groups in total. The molecule has 0 fully saturated rings. The fraction of sp³-hybridized carbons (Fsp3) is 0.182. The third-order valence-electron chi connectivity index (χ3n) is 4.96. The molecule has 4 aromatic heterocycles. The number of rotatable bonds is 5. The molecular weight excluding hydrogens is 398 g/mol. The number of nitrogens with one attached hydrogen (secondary N) is 1. The predicted molar refractivity (Wildman–Crippen MR) is 118 cm³/mol. The number of nitrogens with zero attached hydrogens (tertiary/aromatic N) is 4. The Morgan fingerprint density at radius 2 is 2.07 bits per heavy atom. The molecule has 5 rings (SSSR count). The number of hydrogen-bond donors (Lipinski definition) is 1. The third kappa shape index (κ3) is 3.05. The maximum absolute atomic E-state index is 13.4. The van der Waals surface area contributed by atoms with E-state index in [2.05, 4.69) is 27.4 Å². The number of amides is 1. The first kappa shape index (κ1) is 18.5. The second-order valence-corrected chi connectivity index (χ2v) is 7.96. The van der Waals surface area contributed by atoms with E-state index in [-0.39, 0.29) is 5.91 Å². The van der Waals surface area contributed by atoms with Crippen molar-refractivity contribution >= 4 is 45.3 Å². The van der Waals surface area contributed by atoms with Crippen LogP contribution in [-0.2, 0) is 6.54 Å². The molecule has 0 aliphatic heterocycles. The topological polar surface area (TPSA) is 85.8 Å². The van der Waals surface area contributed by atoms with Crippen molar-refractivity contribution in [2.75, 3.05) is 5.32 Å². The van der Waals surface area contributed by atoms with Gasteiger partial charge in [0, 0.05) is 6.54 Å². The van der Waals surface area contributed by atoms with Gasteiger partial charge in [0.25, 0.3) is 11.6 Å².